The summed E-state index contributed by atoms with van der Waals surface area (Å²) in [7, 11) is 0. The fourth-order valence-corrected chi connectivity index (χ4v) is 2.29. The largest absolute Gasteiger partial charge is 0.355 e. The maximum atomic E-state index is 6.12. The summed E-state index contributed by atoms with van der Waals surface area (Å²) >= 11 is 11.8. The van der Waals surface area contributed by atoms with Crippen LogP contribution in [0.1, 0.15) is 25.7 Å². The predicted octanol–water partition coefficient (Wildman–Crippen LogP) is 3.05. The molecule has 1 aromatic rings. The monoisotopic (exact) mass is 259 g/mol. The van der Waals surface area contributed by atoms with Crippen molar-refractivity contribution in [3.63, 3.8) is 0 Å². The minimum absolute atomic E-state index is 0.0570. The smallest absolute Gasteiger partial charge is 0.147 e. The molecule has 1 atom stereocenters. The summed E-state index contributed by atoms with van der Waals surface area (Å²) in [5.74, 6) is 0. The van der Waals surface area contributed by atoms with Crippen LogP contribution in [0.5, 0.6) is 0 Å². The van der Waals surface area contributed by atoms with Crippen molar-refractivity contribution >= 4 is 28.9 Å². The average Bonchev–Trinajstić information content (AvgIpc) is 2.47. The fraction of sp³-hybridized carbons (Fsp3) is 0.545. The summed E-state index contributed by atoms with van der Waals surface area (Å²) in [5, 5.41) is 0.824. The second-order valence-electron chi connectivity index (χ2n) is 4.08. The van der Waals surface area contributed by atoms with Gasteiger partial charge in [-0.3, -0.25) is 0 Å². The molecule has 1 aromatic heterocycles. The van der Waals surface area contributed by atoms with E-state index in [0.29, 0.717) is 10.2 Å². The van der Waals surface area contributed by atoms with Gasteiger partial charge in [-0.2, -0.15) is 0 Å². The lowest BCUT2D eigenvalue weighted by Crippen LogP contribution is -2.41. The van der Waals surface area contributed by atoms with Crippen LogP contribution in [0.15, 0.2) is 12.3 Å². The van der Waals surface area contributed by atoms with Crippen LogP contribution < -0.4 is 10.6 Å². The van der Waals surface area contributed by atoms with E-state index in [1.54, 1.807) is 6.20 Å². The van der Waals surface area contributed by atoms with Crippen molar-refractivity contribution in [2.24, 2.45) is 5.73 Å². The maximum absolute atomic E-state index is 6.12. The zero-order valence-corrected chi connectivity index (χ0v) is 10.5. The fourth-order valence-electron chi connectivity index (χ4n) is 2.02. The Kier molecular flexibility index (Phi) is 3.90. The van der Waals surface area contributed by atoms with E-state index in [9.17, 15) is 0 Å². The van der Waals surface area contributed by atoms with Crippen LogP contribution in [0.4, 0.5) is 5.69 Å². The molecule has 1 aliphatic heterocycles. The van der Waals surface area contributed by atoms with E-state index in [1.807, 2.05) is 6.07 Å². The SMILES string of the molecule is NC1CCCCCN1c1cnc(Cl)c(Cl)c1. The zero-order valence-electron chi connectivity index (χ0n) is 9.00. The average molecular weight is 260 g/mol. The number of hydrogen-bond donors (Lipinski definition) is 1. The summed E-state index contributed by atoms with van der Waals surface area (Å²) in [4.78, 5) is 6.21. The molecule has 0 bridgehead atoms. The van der Waals surface area contributed by atoms with Crippen molar-refractivity contribution in [1.29, 1.82) is 0 Å². The lowest BCUT2D eigenvalue weighted by molar-refractivity contribution is 0.592. The zero-order chi connectivity index (χ0) is 11.5. The first-order valence-corrected chi connectivity index (χ1v) is 6.27. The van der Waals surface area contributed by atoms with Gasteiger partial charge in [0.2, 0.25) is 0 Å². The third-order valence-electron chi connectivity index (χ3n) is 2.91. The molecular weight excluding hydrogens is 245 g/mol. The van der Waals surface area contributed by atoms with Gasteiger partial charge in [0.1, 0.15) is 5.15 Å². The lowest BCUT2D eigenvalue weighted by Gasteiger charge is -2.28. The van der Waals surface area contributed by atoms with E-state index < -0.39 is 0 Å². The molecule has 0 radical (unpaired) electrons. The van der Waals surface area contributed by atoms with E-state index in [1.165, 1.54) is 12.8 Å². The number of nitrogens with two attached hydrogens (primary N) is 1. The van der Waals surface area contributed by atoms with Gasteiger partial charge in [0.15, 0.2) is 0 Å². The summed E-state index contributed by atoms with van der Waals surface area (Å²) in [6.07, 6.45) is 6.39. The summed E-state index contributed by atoms with van der Waals surface area (Å²) < 4.78 is 0. The highest BCUT2D eigenvalue weighted by molar-refractivity contribution is 6.41. The number of pyridine rings is 1. The number of hydrogen-bond acceptors (Lipinski definition) is 3. The van der Waals surface area contributed by atoms with Crippen LogP contribution in [-0.4, -0.2) is 17.7 Å². The highest BCUT2D eigenvalue weighted by Gasteiger charge is 2.18. The Balaban J connectivity index is 2.23. The van der Waals surface area contributed by atoms with Gasteiger partial charge in [0, 0.05) is 6.54 Å². The molecule has 2 N–H and O–H groups in total. The van der Waals surface area contributed by atoms with E-state index in [-0.39, 0.29) is 6.17 Å². The van der Waals surface area contributed by atoms with Crippen LogP contribution in [0.25, 0.3) is 0 Å². The number of anilines is 1. The highest BCUT2D eigenvalue weighted by atomic mass is 35.5. The molecule has 0 spiro atoms. The molecule has 0 aliphatic carbocycles. The molecule has 2 heterocycles. The normalized spacial score (nSPS) is 21.9. The van der Waals surface area contributed by atoms with Crippen molar-refractivity contribution < 1.29 is 0 Å². The second kappa shape index (κ2) is 5.21. The number of nitrogens with zero attached hydrogens (tertiary/aromatic N) is 2. The summed E-state index contributed by atoms with van der Waals surface area (Å²) in [6, 6.07) is 1.84. The van der Waals surface area contributed by atoms with Gasteiger partial charge in [0.25, 0.3) is 0 Å². The topological polar surface area (TPSA) is 42.1 Å². The minimum Gasteiger partial charge on any atom is -0.355 e. The van der Waals surface area contributed by atoms with Crippen LogP contribution in [0.2, 0.25) is 10.2 Å². The molecule has 16 heavy (non-hydrogen) atoms. The third-order valence-corrected chi connectivity index (χ3v) is 3.60. The van der Waals surface area contributed by atoms with Gasteiger partial charge in [-0.25, -0.2) is 4.98 Å². The first-order valence-electron chi connectivity index (χ1n) is 5.52. The van der Waals surface area contributed by atoms with Crippen LogP contribution in [0, 0.1) is 0 Å². The van der Waals surface area contributed by atoms with Crippen molar-refractivity contribution in [1.82, 2.24) is 4.98 Å². The molecule has 1 fully saturated rings. The maximum Gasteiger partial charge on any atom is 0.147 e. The quantitative estimate of drug-likeness (QED) is 0.789. The van der Waals surface area contributed by atoms with E-state index in [4.69, 9.17) is 28.9 Å². The summed E-state index contributed by atoms with van der Waals surface area (Å²) in [5.41, 5.74) is 7.08. The molecule has 0 saturated carbocycles. The highest BCUT2D eigenvalue weighted by Crippen LogP contribution is 2.27. The summed E-state index contributed by atoms with van der Waals surface area (Å²) in [6.45, 7) is 0.959. The van der Waals surface area contributed by atoms with Crippen molar-refractivity contribution in [2.45, 2.75) is 31.8 Å². The molecule has 0 amide bonds. The van der Waals surface area contributed by atoms with Crippen LogP contribution in [-0.2, 0) is 0 Å². The van der Waals surface area contributed by atoms with Gasteiger partial charge in [0.05, 0.1) is 23.1 Å². The molecular formula is C11H15Cl2N3. The molecule has 0 aromatic carbocycles. The van der Waals surface area contributed by atoms with Crippen molar-refractivity contribution in [3.05, 3.63) is 22.4 Å². The molecule has 1 aliphatic rings. The Labute approximate surface area is 106 Å². The second-order valence-corrected chi connectivity index (χ2v) is 4.84. The first kappa shape index (κ1) is 12.0. The Morgan fingerprint density at radius 2 is 2.12 bits per heavy atom. The molecule has 5 heteroatoms. The minimum atomic E-state index is 0.0570. The predicted molar refractivity (Wildman–Crippen MR) is 68.0 cm³/mol. The van der Waals surface area contributed by atoms with Gasteiger partial charge >= 0.3 is 0 Å². The van der Waals surface area contributed by atoms with E-state index in [0.717, 1.165) is 25.1 Å². The number of rotatable bonds is 1. The van der Waals surface area contributed by atoms with Gasteiger partial charge in [-0.15, -0.1) is 0 Å². The number of halogens is 2. The third kappa shape index (κ3) is 2.59. The molecule has 1 saturated heterocycles. The van der Waals surface area contributed by atoms with Crippen LogP contribution >= 0.6 is 23.2 Å². The Morgan fingerprint density at radius 1 is 1.31 bits per heavy atom. The van der Waals surface area contributed by atoms with Gasteiger partial charge in [-0.1, -0.05) is 29.6 Å². The Morgan fingerprint density at radius 3 is 2.88 bits per heavy atom. The van der Waals surface area contributed by atoms with Crippen LogP contribution in [0.3, 0.4) is 0 Å². The lowest BCUT2D eigenvalue weighted by atomic mass is 10.2. The Hall–Kier alpha value is -0.510. The standard InChI is InChI=1S/C11H15Cl2N3/c12-9-6-8(7-15-11(9)13)16-5-3-1-2-4-10(16)14/h6-7,10H,1-5,14H2. The molecule has 3 nitrogen and oxygen atoms in total. The van der Waals surface area contributed by atoms with E-state index in [2.05, 4.69) is 9.88 Å². The van der Waals surface area contributed by atoms with E-state index >= 15 is 0 Å². The Bertz CT molecular complexity index is 370. The number of aromatic nitrogens is 1. The van der Waals surface area contributed by atoms with Gasteiger partial charge in [-0.05, 0) is 25.3 Å². The van der Waals surface area contributed by atoms with Gasteiger partial charge < -0.3 is 10.6 Å². The molecule has 2 rings (SSSR count). The van der Waals surface area contributed by atoms with Crippen molar-refractivity contribution in [3.8, 4) is 0 Å². The molecule has 1 unspecified atom stereocenters. The first-order chi connectivity index (χ1) is 7.68. The molecule has 88 valence electrons. The van der Waals surface area contributed by atoms with Crippen molar-refractivity contribution in [2.75, 3.05) is 11.4 Å².